The summed E-state index contributed by atoms with van der Waals surface area (Å²) in [5.74, 6) is 0.147. The molecule has 2 fully saturated rings. The molecule has 1 amide bonds. The van der Waals surface area contributed by atoms with Crippen LogP contribution in [0.2, 0.25) is 0 Å². The molecule has 4 rings (SSSR count). The zero-order valence-corrected chi connectivity index (χ0v) is 15.9. The van der Waals surface area contributed by atoms with Crippen LogP contribution >= 0.6 is 11.3 Å². The zero-order valence-electron chi connectivity index (χ0n) is 15.1. The van der Waals surface area contributed by atoms with Gasteiger partial charge in [0, 0.05) is 43.2 Å². The summed E-state index contributed by atoms with van der Waals surface area (Å²) in [4.78, 5) is 18.7. The quantitative estimate of drug-likeness (QED) is 0.827. The molecule has 0 aliphatic carbocycles. The fraction of sp³-hybridized carbons (Fsp3) is 0.476. The number of nitrogens with zero attached hydrogens (tertiary/aromatic N) is 2. The maximum Gasteiger partial charge on any atom is 0.253 e. The summed E-state index contributed by atoms with van der Waals surface area (Å²) in [6, 6.07) is 13.9. The van der Waals surface area contributed by atoms with Gasteiger partial charge in [-0.3, -0.25) is 9.69 Å². The Labute approximate surface area is 159 Å². The van der Waals surface area contributed by atoms with E-state index < -0.39 is 0 Å². The average Bonchev–Trinajstić information content (AvgIpc) is 3.10. The number of amides is 1. The second-order valence-corrected chi connectivity index (χ2v) is 8.37. The van der Waals surface area contributed by atoms with E-state index in [2.05, 4.69) is 22.4 Å². The highest BCUT2D eigenvalue weighted by Crippen LogP contribution is 2.31. The SMILES string of the molecule is O=C(c1ccccc1)N1CCC[C@]2(CC1)CN(Cc1cccs1)CCO2. The largest absolute Gasteiger partial charge is 0.372 e. The number of hydrogen-bond acceptors (Lipinski definition) is 4. The van der Waals surface area contributed by atoms with Crippen molar-refractivity contribution in [3.63, 3.8) is 0 Å². The maximum atomic E-state index is 12.8. The van der Waals surface area contributed by atoms with Crippen molar-refractivity contribution < 1.29 is 9.53 Å². The fourth-order valence-electron chi connectivity index (χ4n) is 4.12. The first kappa shape index (κ1) is 17.7. The maximum absolute atomic E-state index is 12.8. The number of benzene rings is 1. The van der Waals surface area contributed by atoms with Gasteiger partial charge in [-0.15, -0.1) is 11.3 Å². The van der Waals surface area contributed by atoms with Gasteiger partial charge in [0.25, 0.3) is 5.91 Å². The van der Waals surface area contributed by atoms with Crippen molar-refractivity contribution in [1.29, 1.82) is 0 Å². The first-order chi connectivity index (χ1) is 12.7. The van der Waals surface area contributed by atoms with Crippen LogP contribution in [0.1, 0.15) is 34.5 Å². The first-order valence-electron chi connectivity index (χ1n) is 9.47. The Kier molecular flexibility index (Phi) is 5.38. The number of thiophene rings is 1. The number of carbonyl (C=O) groups is 1. The summed E-state index contributed by atoms with van der Waals surface area (Å²) in [6.07, 6.45) is 2.96. The monoisotopic (exact) mass is 370 g/mol. The highest BCUT2D eigenvalue weighted by molar-refractivity contribution is 7.09. The number of likely N-dealkylation sites (tertiary alicyclic amines) is 1. The zero-order chi connectivity index (χ0) is 17.8. The minimum absolute atomic E-state index is 0.0960. The van der Waals surface area contributed by atoms with Gasteiger partial charge in [-0.25, -0.2) is 0 Å². The number of morpholine rings is 1. The molecule has 138 valence electrons. The van der Waals surface area contributed by atoms with Gasteiger partial charge in [0.2, 0.25) is 0 Å². The second kappa shape index (κ2) is 7.91. The van der Waals surface area contributed by atoms with Crippen molar-refractivity contribution in [2.45, 2.75) is 31.4 Å². The van der Waals surface area contributed by atoms with E-state index in [4.69, 9.17) is 4.74 Å². The van der Waals surface area contributed by atoms with Gasteiger partial charge in [-0.2, -0.15) is 0 Å². The molecule has 4 nitrogen and oxygen atoms in total. The fourth-order valence-corrected chi connectivity index (χ4v) is 4.86. The highest BCUT2D eigenvalue weighted by Gasteiger charge is 2.38. The molecular formula is C21H26N2O2S. The van der Waals surface area contributed by atoms with Gasteiger partial charge < -0.3 is 9.64 Å². The highest BCUT2D eigenvalue weighted by atomic mass is 32.1. The minimum Gasteiger partial charge on any atom is -0.372 e. The molecule has 2 saturated heterocycles. The first-order valence-corrected chi connectivity index (χ1v) is 10.4. The van der Waals surface area contributed by atoms with Crippen LogP contribution in [-0.2, 0) is 11.3 Å². The molecule has 0 radical (unpaired) electrons. The molecule has 0 bridgehead atoms. The Morgan fingerprint density at radius 2 is 1.96 bits per heavy atom. The molecule has 3 heterocycles. The minimum atomic E-state index is -0.0960. The molecular weight excluding hydrogens is 344 g/mol. The van der Waals surface area contributed by atoms with E-state index in [-0.39, 0.29) is 11.5 Å². The Hall–Kier alpha value is -1.69. The van der Waals surface area contributed by atoms with Gasteiger partial charge in [0.15, 0.2) is 0 Å². The van der Waals surface area contributed by atoms with E-state index >= 15 is 0 Å². The third kappa shape index (κ3) is 4.00. The summed E-state index contributed by atoms with van der Waals surface area (Å²) in [6.45, 7) is 5.36. The number of ether oxygens (including phenoxy) is 1. The van der Waals surface area contributed by atoms with Crippen molar-refractivity contribution in [2.24, 2.45) is 0 Å². The lowest BCUT2D eigenvalue weighted by atomic mass is 9.92. The standard InChI is InChI=1S/C21H26N2O2S/c24-20(18-6-2-1-3-7-18)23-11-5-9-21(10-12-23)17-22(13-14-25-21)16-19-8-4-15-26-19/h1-4,6-8,15H,5,9-14,16-17H2/t21-/m0/s1. The van der Waals surface area contributed by atoms with Crippen molar-refractivity contribution in [2.75, 3.05) is 32.8 Å². The third-order valence-corrected chi connectivity index (χ3v) is 6.35. The van der Waals surface area contributed by atoms with E-state index in [1.807, 2.05) is 46.6 Å². The van der Waals surface area contributed by atoms with Crippen LogP contribution in [0.4, 0.5) is 0 Å². The van der Waals surface area contributed by atoms with Crippen LogP contribution in [0.5, 0.6) is 0 Å². The van der Waals surface area contributed by atoms with E-state index in [0.717, 1.165) is 64.2 Å². The van der Waals surface area contributed by atoms with Gasteiger partial charge >= 0.3 is 0 Å². The number of rotatable bonds is 3. The van der Waals surface area contributed by atoms with Crippen molar-refractivity contribution in [3.05, 3.63) is 58.3 Å². The Morgan fingerprint density at radius 1 is 1.08 bits per heavy atom. The van der Waals surface area contributed by atoms with Crippen molar-refractivity contribution in [3.8, 4) is 0 Å². The predicted molar refractivity (Wildman–Crippen MR) is 104 cm³/mol. The average molecular weight is 371 g/mol. The molecule has 2 aliphatic heterocycles. The predicted octanol–water partition coefficient (Wildman–Crippen LogP) is 3.65. The molecule has 0 N–H and O–H groups in total. The van der Waals surface area contributed by atoms with Gasteiger partial charge in [0.1, 0.15) is 0 Å². The lowest BCUT2D eigenvalue weighted by Crippen LogP contribution is -2.51. The molecule has 1 atom stereocenters. The smallest absolute Gasteiger partial charge is 0.253 e. The van der Waals surface area contributed by atoms with Gasteiger partial charge in [-0.1, -0.05) is 24.3 Å². The van der Waals surface area contributed by atoms with E-state index in [1.165, 1.54) is 4.88 Å². The van der Waals surface area contributed by atoms with E-state index in [1.54, 1.807) is 0 Å². The molecule has 2 aliphatic rings. The molecule has 2 aromatic rings. The van der Waals surface area contributed by atoms with Crippen LogP contribution in [0.15, 0.2) is 47.8 Å². The van der Waals surface area contributed by atoms with Crippen molar-refractivity contribution >= 4 is 17.2 Å². The Bertz CT molecular complexity index is 719. The molecule has 5 heteroatoms. The summed E-state index contributed by atoms with van der Waals surface area (Å²) in [5, 5.41) is 2.14. The molecule has 26 heavy (non-hydrogen) atoms. The van der Waals surface area contributed by atoms with Gasteiger partial charge in [-0.05, 0) is 42.8 Å². The molecule has 0 saturated carbocycles. The van der Waals surface area contributed by atoms with Crippen LogP contribution in [0, 0.1) is 0 Å². The Morgan fingerprint density at radius 3 is 2.77 bits per heavy atom. The molecule has 1 spiro atoms. The van der Waals surface area contributed by atoms with Crippen LogP contribution in [0.3, 0.4) is 0 Å². The summed E-state index contributed by atoms with van der Waals surface area (Å²) >= 11 is 1.82. The summed E-state index contributed by atoms with van der Waals surface area (Å²) < 4.78 is 6.29. The number of carbonyl (C=O) groups excluding carboxylic acids is 1. The van der Waals surface area contributed by atoms with Crippen LogP contribution in [0.25, 0.3) is 0 Å². The molecule has 0 unspecified atom stereocenters. The number of hydrogen-bond donors (Lipinski definition) is 0. The van der Waals surface area contributed by atoms with E-state index in [0.29, 0.717) is 0 Å². The van der Waals surface area contributed by atoms with Crippen LogP contribution in [-0.4, -0.2) is 54.1 Å². The third-order valence-electron chi connectivity index (χ3n) is 5.49. The lowest BCUT2D eigenvalue weighted by molar-refractivity contribution is -0.117. The van der Waals surface area contributed by atoms with Crippen molar-refractivity contribution in [1.82, 2.24) is 9.80 Å². The lowest BCUT2D eigenvalue weighted by Gasteiger charge is -2.42. The normalized spacial score (nSPS) is 24.5. The molecule has 1 aromatic carbocycles. The van der Waals surface area contributed by atoms with Crippen LogP contribution < -0.4 is 0 Å². The Balaban J connectivity index is 1.40. The topological polar surface area (TPSA) is 32.8 Å². The molecule has 1 aromatic heterocycles. The van der Waals surface area contributed by atoms with E-state index in [9.17, 15) is 4.79 Å². The summed E-state index contributed by atoms with van der Waals surface area (Å²) in [7, 11) is 0. The second-order valence-electron chi connectivity index (χ2n) is 7.33. The van der Waals surface area contributed by atoms with Gasteiger partial charge in [0.05, 0.1) is 12.2 Å². The summed E-state index contributed by atoms with van der Waals surface area (Å²) in [5.41, 5.74) is 0.689.